The third-order valence-electron chi connectivity index (χ3n) is 20.7. The first-order chi connectivity index (χ1) is 64.0. The number of carboxylic acid groups (broad SMARTS) is 15. The lowest BCUT2D eigenvalue weighted by Gasteiger charge is -2.57. The van der Waals surface area contributed by atoms with Gasteiger partial charge in [-0.25, -0.2) is 9.59 Å². The van der Waals surface area contributed by atoms with Crippen molar-refractivity contribution in [1.82, 2.24) is 0 Å². The number of halogens is 6. The second kappa shape index (κ2) is 73.9. The molecule has 0 spiro atoms. The predicted octanol–water partition coefficient (Wildman–Crippen LogP) is 4.17. The highest BCUT2D eigenvalue weighted by Gasteiger charge is 2.59. The Labute approximate surface area is 798 Å². The van der Waals surface area contributed by atoms with Crippen LogP contribution in [0.3, 0.4) is 0 Å². The number of alkyl halides is 6. The number of benzene rings is 6. The van der Waals surface area contributed by atoms with Gasteiger partial charge in [-0.3, -0.25) is 0 Å². The number of hydrogen-bond acceptors (Lipinski definition) is 31. The molecule has 6 aromatic rings. The first kappa shape index (κ1) is 133. The van der Waals surface area contributed by atoms with Gasteiger partial charge in [0.1, 0.15) is 28.4 Å². The minimum Gasteiger partial charge on any atom is -0.550 e. The number of fused-ring (bicyclic) bond motifs is 12. The van der Waals surface area contributed by atoms with Crippen LogP contribution in [-0.2, 0) is 74.7 Å². The van der Waals surface area contributed by atoms with Gasteiger partial charge in [0.05, 0.1) is 11.1 Å². The molecule has 0 aromatic heterocycles. The van der Waals surface area contributed by atoms with E-state index in [1.54, 1.807) is 109 Å². The Morgan fingerprint density at radius 1 is 0.312 bits per heavy atom. The molecule has 0 radical (unpaired) electrons. The number of hydrogen-bond donors (Lipinski definition) is 5. The van der Waals surface area contributed by atoms with Gasteiger partial charge in [-0.05, 0) is 288 Å². The molecule has 4 unspecified atom stereocenters. The molecule has 39 heteroatoms. The quantitative estimate of drug-likeness (QED) is 0.0949. The van der Waals surface area contributed by atoms with E-state index in [2.05, 4.69) is 48.5 Å². The van der Waals surface area contributed by atoms with Crippen LogP contribution in [0.4, 0.5) is 26.3 Å². The van der Waals surface area contributed by atoms with Crippen molar-refractivity contribution in [3.63, 3.8) is 0 Å². The van der Waals surface area contributed by atoms with Crippen LogP contribution in [0.15, 0.2) is 152 Å². The number of aliphatic carboxylic acids is 13. The molecule has 4 atom stereocenters. The molecule has 10 fully saturated rings. The molecule has 16 rings (SSSR count). The Morgan fingerprint density at radius 3 is 0.739 bits per heavy atom. The maximum atomic E-state index is 12.1. The number of phenols is 3. The molecule has 0 saturated heterocycles. The van der Waals surface area contributed by atoms with Gasteiger partial charge in [0.2, 0.25) is 0 Å². The summed E-state index contributed by atoms with van der Waals surface area (Å²) in [7, 11) is 0. The van der Waals surface area contributed by atoms with E-state index in [0.717, 1.165) is 67.7 Å². The van der Waals surface area contributed by atoms with Gasteiger partial charge in [-0.15, -0.1) is 0 Å². The molecular weight excluding hydrogens is 1830 g/mol. The zero-order valence-electron chi connectivity index (χ0n) is 79.2. The number of aromatic carboxylic acids is 2. The Bertz CT molecular complexity index is 4190. The summed E-state index contributed by atoms with van der Waals surface area (Å²) >= 11 is 0. The van der Waals surface area contributed by atoms with Gasteiger partial charge in [-0.1, -0.05) is 176 Å². The lowest BCUT2D eigenvalue weighted by atomic mass is 9.49. The highest BCUT2D eigenvalue weighted by Crippen LogP contribution is 2.67. The van der Waals surface area contributed by atoms with E-state index in [1.807, 2.05) is 42.5 Å². The average Bonchev–Trinajstić information content (AvgIpc) is 1.56. The summed E-state index contributed by atoms with van der Waals surface area (Å²) in [5.74, 6) is -5.82. The maximum Gasteiger partial charge on any atom is 0.416 e. The number of carbonyl (C=O) groups excluding carboxylic acids is 13. The molecule has 6 aromatic carbocycles. The van der Waals surface area contributed by atoms with Gasteiger partial charge >= 0.3 is 24.3 Å². The molecule has 774 valence electrons. The molecule has 0 amide bonds. The molecule has 0 heterocycles. The van der Waals surface area contributed by atoms with Crippen LogP contribution in [0, 0.1) is 70.5 Å². The van der Waals surface area contributed by atoms with Crippen molar-refractivity contribution in [2.24, 2.45) is 70.5 Å². The Balaban J connectivity index is -0.000000458. The number of aromatic hydroxyl groups is 3. The fraction of sp³-hybridized carbons (Fsp3) is 0.505. The molecule has 10 aliphatic carbocycles. The molecule has 10 aliphatic rings. The molecule has 10 bridgehead atoms. The highest BCUT2D eigenvalue weighted by atomic mass is 19.4. The van der Waals surface area contributed by atoms with Crippen LogP contribution in [0.5, 0.6) is 17.2 Å². The zero-order chi connectivity index (χ0) is 107. The van der Waals surface area contributed by atoms with Gasteiger partial charge < -0.3 is 154 Å². The van der Waals surface area contributed by atoms with Gasteiger partial charge in [-0.2, -0.15) is 26.3 Å². The summed E-state index contributed by atoms with van der Waals surface area (Å²) in [5.41, 5.74) is -3.90. The summed E-state index contributed by atoms with van der Waals surface area (Å²) in [5, 5.41) is 166. The Kier molecular flexibility index (Phi) is 71.2. The Morgan fingerprint density at radius 2 is 0.551 bits per heavy atom. The molecule has 5 N–H and O–H groups in total. The smallest absolute Gasteiger partial charge is 0.416 e. The lowest BCUT2D eigenvalue weighted by Crippen LogP contribution is -2.54. The number of rotatable bonds is 10. The number of carboxylic acids is 15. The fourth-order valence-corrected chi connectivity index (χ4v) is 16.2. The van der Waals surface area contributed by atoms with Crippen LogP contribution >= 0.6 is 0 Å². The summed E-state index contributed by atoms with van der Waals surface area (Å²) in [4.78, 5) is 141. The van der Waals surface area contributed by atoms with E-state index in [1.165, 1.54) is 98.1 Å². The second-order valence-electron chi connectivity index (χ2n) is 32.2. The summed E-state index contributed by atoms with van der Waals surface area (Å²) < 4.78 is 72.4. The van der Waals surface area contributed by atoms with Crippen LogP contribution in [0.2, 0.25) is 0 Å². The summed E-state index contributed by atoms with van der Waals surface area (Å²) in [6.45, 7) is 15.0. The van der Waals surface area contributed by atoms with Crippen LogP contribution in [0.1, 0.15) is 269 Å². The SMILES string of the molecule is C1CC2CC1C1C3CCC(C3)C21.C1CC2CCC1C2.CC(=O)[O-].CC(=O)[O-].CC(=O)[O-].CC(=O)[O-].CC(=O)[O-].CC(=O)[O-].CC(=O)[O-].CCC(=O)[O-].CCC(=O)[O-].CCC(=O)[O-].CCCC(=O)[O-].CCCC(=O)[O-].O=C(O)c1cc(C(F)(F)F)ccc1O.O=C(O)c1ccc(C(F)(F)F)cc1O.O=C([O-])C12CC3CC(CC(C3)C1)C2.Oc1ccccc1.c1ccc2ccccc2c1.c1ccccc1. The van der Waals surface area contributed by atoms with Crippen molar-refractivity contribution < 1.29 is 190 Å². The van der Waals surface area contributed by atoms with Crippen LogP contribution in [0.25, 0.3) is 10.8 Å². The standard InChI is InChI=1S/C12H18.C11H16O2.C10H8.2C8H5F3O3.C7H12.C6H6O.C6H6.2C4H8O2.3C3H6O2.7C2H4O2/c1-2-8-5-7(1)11-9-3-4-10(6-9)12(8)11;12-10(13)11-4-7-1-8(5-11)3-9(2-7)6-11;1-2-6-10-8-4-3-7-9(10)5-1;9-8(10,11)4-1-2-6(12)5(3-4)7(13)14;9-8(10,11)4-1-2-5(7(13)14)6(12)3-4;1-2-7-4-3-6(1)5-7;7-6-4-2-1-3-5-6;1-2-4-6-5-3-1;2*1-2-3-4(5)6;3*1-2-3(4)5;7*1-2(3)4/h7-12H,1-6H2;7-9H,1-6H2,(H,12,13);1-8H;2*1-3,12H,(H,13,14);6-7H,1-5H2;1-5,7H;1-6H;2*2-3H2,1H3,(H,5,6);3*2H2,1H3,(H,4,5);7*1H3,(H,3,4)/p-13. The molecule has 0 aliphatic heterocycles. The monoisotopic (exact) mass is 1960 g/mol. The predicted molar refractivity (Wildman–Crippen MR) is 463 cm³/mol. The van der Waals surface area contributed by atoms with Gasteiger partial charge in [0.15, 0.2) is 0 Å². The minimum atomic E-state index is -4.61. The third kappa shape index (κ3) is 69.4. The van der Waals surface area contributed by atoms with Crippen molar-refractivity contribution in [3.05, 3.63) is 174 Å². The number of para-hydroxylation sites is 1. The lowest BCUT2D eigenvalue weighted by molar-refractivity contribution is -0.327. The van der Waals surface area contributed by atoms with E-state index in [4.69, 9.17) is 94.8 Å². The normalized spacial score (nSPS) is 19.7. The van der Waals surface area contributed by atoms with E-state index in [9.17, 15) is 95.3 Å². The van der Waals surface area contributed by atoms with Crippen molar-refractivity contribution >= 4 is 100 Å². The van der Waals surface area contributed by atoms with Crippen molar-refractivity contribution in [1.29, 1.82) is 0 Å². The number of carbonyl (C=O) groups is 15. The minimum absolute atomic E-state index is 0.111. The highest BCUT2D eigenvalue weighted by molar-refractivity contribution is 5.91. The summed E-state index contributed by atoms with van der Waals surface area (Å²) in [6, 6.07) is 40.8. The summed E-state index contributed by atoms with van der Waals surface area (Å²) in [6.07, 6.45) is 17.0. The van der Waals surface area contributed by atoms with E-state index < -0.39 is 141 Å². The largest absolute Gasteiger partial charge is 0.550 e. The fourth-order valence-electron chi connectivity index (χ4n) is 16.2. The first-order valence-electron chi connectivity index (χ1n) is 43.9. The van der Waals surface area contributed by atoms with E-state index in [0.29, 0.717) is 72.7 Å². The first-order valence-corrected chi connectivity index (χ1v) is 43.9. The van der Waals surface area contributed by atoms with Crippen molar-refractivity contribution in [3.8, 4) is 17.2 Å². The third-order valence-corrected chi connectivity index (χ3v) is 20.7. The molecule has 138 heavy (non-hydrogen) atoms. The molecule has 33 nitrogen and oxygen atoms in total. The maximum absolute atomic E-state index is 12.1. The van der Waals surface area contributed by atoms with Crippen LogP contribution in [-0.4, -0.2) is 115 Å². The average molecular weight is 1960 g/mol. The van der Waals surface area contributed by atoms with E-state index >= 15 is 0 Å². The molecule has 10 saturated carbocycles. The van der Waals surface area contributed by atoms with Crippen molar-refractivity contribution in [2.75, 3.05) is 0 Å². The van der Waals surface area contributed by atoms with Gasteiger partial charge in [0.25, 0.3) is 0 Å². The van der Waals surface area contributed by atoms with Gasteiger partial charge in [0, 0.05) is 83.0 Å². The zero-order valence-corrected chi connectivity index (χ0v) is 79.2. The topological polar surface area (TPSA) is 657 Å². The Hall–Kier alpha value is -13.4. The van der Waals surface area contributed by atoms with Crippen molar-refractivity contribution in [2.45, 2.75) is 250 Å². The molecular formula is C99H125F6O33-13. The van der Waals surface area contributed by atoms with E-state index in [-0.39, 0.29) is 32.1 Å². The second-order valence-corrected chi connectivity index (χ2v) is 32.2. The number of phenolic OH excluding ortho intramolecular Hbond substituents is 1. The van der Waals surface area contributed by atoms with Crippen LogP contribution < -0.4 is 66.4 Å².